The van der Waals surface area contributed by atoms with Gasteiger partial charge in [-0.25, -0.2) is 5.26 Å². The largest absolute Gasteiger partial charge is 0.497 e. The molecule has 0 bridgehead atoms. The van der Waals surface area contributed by atoms with Gasteiger partial charge in [0.25, 0.3) is 11.9 Å². The maximum absolute atomic E-state index is 12.3. The molecule has 0 radical (unpaired) electrons. The number of hydrogen-bond donors (Lipinski definition) is 2. The summed E-state index contributed by atoms with van der Waals surface area (Å²) >= 11 is 0. The van der Waals surface area contributed by atoms with E-state index >= 15 is 0 Å². The molecular formula is C22H20N2O5. The molecule has 0 fully saturated rings. The number of hydrogen-bond acceptors (Lipinski definition) is 5. The molecule has 148 valence electrons. The van der Waals surface area contributed by atoms with Crippen molar-refractivity contribution in [3.8, 4) is 11.5 Å². The maximum Gasteiger partial charge on any atom is 0.295 e. The molecule has 0 saturated carbocycles. The first kappa shape index (κ1) is 19.9. The molecule has 0 aromatic heterocycles. The Bertz CT molecular complexity index is 1060. The average molecular weight is 392 g/mol. The highest BCUT2D eigenvalue weighted by atomic mass is 17.1. The number of amidine groups is 1. The predicted molar refractivity (Wildman–Crippen MR) is 111 cm³/mol. The smallest absolute Gasteiger partial charge is 0.295 e. The Kier molecular flexibility index (Phi) is 6.11. The van der Waals surface area contributed by atoms with Crippen LogP contribution in [0.15, 0.2) is 72.2 Å². The Hall–Kier alpha value is -3.84. The van der Waals surface area contributed by atoms with Crippen molar-refractivity contribution in [3.05, 3.63) is 78.4 Å². The Morgan fingerprint density at radius 1 is 1.10 bits per heavy atom. The Labute approximate surface area is 167 Å². The van der Waals surface area contributed by atoms with Crippen molar-refractivity contribution in [1.29, 1.82) is 0 Å². The fourth-order valence-electron chi connectivity index (χ4n) is 2.88. The summed E-state index contributed by atoms with van der Waals surface area (Å²) < 4.78 is 10.5. The van der Waals surface area contributed by atoms with Gasteiger partial charge in [-0.2, -0.15) is 4.99 Å². The van der Waals surface area contributed by atoms with Crippen LogP contribution >= 0.6 is 0 Å². The number of ether oxygens (including phenoxy) is 2. The van der Waals surface area contributed by atoms with E-state index in [0.717, 1.165) is 16.3 Å². The van der Waals surface area contributed by atoms with E-state index in [4.69, 9.17) is 20.5 Å². The van der Waals surface area contributed by atoms with E-state index in [-0.39, 0.29) is 24.0 Å². The molecule has 3 aromatic rings. The van der Waals surface area contributed by atoms with Crippen LogP contribution in [0.4, 0.5) is 0 Å². The quantitative estimate of drug-likeness (QED) is 0.218. The lowest BCUT2D eigenvalue weighted by Crippen LogP contribution is -2.18. The molecule has 7 nitrogen and oxygen atoms in total. The third kappa shape index (κ3) is 4.91. The molecule has 0 aliphatic heterocycles. The first-order chi connectivity index (χ1) is 14.0. The normalized spacial score (nSPS) is 11.2. The molecule has 3 N–H and O–H groups in total. The van der Waals surface area contributed by atoms with Crippen molar-refractivity contribution in [2.45, 2.75) is 6.42 Å². The zero-order chi connectivity index (χ0) is 20.8. The van der Waals surface area contributed by atoms with Crippen LogP contribution in [-0.2, 0) is 16.0 Å². The third-order valence-corrected chi connectivity index (χ3v) is 4.23. The second-order valence-corrected chi connectivity index (χ2v) is 6.17. The summed E-state index contributed by atoms with van der Waals surface area (Å²) in [5.74, 6) is 0.212. The molecule has 0 atom stereocenters. The number of methoxy groups -OCH3 is 1. The van der Waals surface area contributed by atoms with Gasteiger partial charge in [0, 0.05) is 11.6 Å². The number of nitrogens with zero attached hydrogens (tertiary/aromatic N) is 1. The highest BCUT2D eigenvalue weighted by Gasteiger charge is 2.11. The Morgan fingerprint density at radius 2 is 1.83 bits per heavy atom. The summed E-state index contributed by atoms with van der Waals surface area (Å²) in [6, 6.07) is 17.7. The lowest BCUT2D eigenvalue weighted by atomic mass is 10.0. The van der Waals surface area contributed by atoms with E-state index in [2.05, 4.69) is 16.5 Å². The summed E-state index contributed by atoms with van der Waals surface area (Å²) in [6.45, 7) is 3.76. The van der Waals surface area contributed by atoms with Crippen LogP contribution in [0.3, 0.4) is 0 Å². The number of aliphatic imine (C=N–C) groups is 1. The molecule has 7 heteroatoms. The number of nitrogens with two attached hydrogens (primary N) is 1. The van der Waals surface area contributed by atoms with Gasteiger partial charge in [-0.1, -0.05) is 49.0 Å². The fourth-order valence-corrected chi connectivity index (χ4v) is 2.88. The molecule has 3 rings (SSSR count). The second-order valence-electron chi connectivity index (χ2n) is 6.17. The highest BCUT2D eigenvalue weighted by Crippen LogP contribution is 2.26. The first-order valence-corrected chi connectivity index (χ1v) is 8.71. The van der Waals surface area contributed by atoms with E-state index in [9.17, 15) is 4.79 Å². The maximum atomic E-state index is 12.3. The number of carbonyl (C=O) groups is 1. The summed E-state index contributed by atoms with van der Waals surface area (Å²) in [5.41, 5.74) is 7.04. The molecule has 0 saturated heterocycles. The highest BCUT2D eigenvalue weighted by molar-refractivity contribution is 5.95. The van der Waals surface area contributed by atoms with Crippen LogP contribution in [0.2, 0.25) is 0 Å². The van der Waals surface area contributed by atoms with Gasteiger partial charge in [0.15, 0.2) is 5.75 Å². The van der Waals surface area contributed by atoms with Crippen LogP contribution in [0.25, 0.3) is 16.5 Å². The van der Waals surface area contributed by atoms with Gasteiger partial charge in [-0.3, -0.25) is 4.79 Å². The van der Waals surface area contributed by atoms with Crippen LogP contribution in [0.5, 0.6) is 11.5 Å². The van der Waals surface area contributed by atoms with Gasteiger partial charge >= 0.3 is 0 Å². The summed E-state index contributed by atoms with van der Waals surface area (Å²) in [6.07, 6.45) is 0.0829. The minimum absolute atomic E-state index is 0.0829. The minimum Gasteiger partial charge on any atom is -0.497 e. The van der Waals surface area contributed by atoms with Gasteiger partial charge in [0.1, 0.15) is 11.5 Å². The van der Waals surface area contributed by atoms with E-state index < -0.39 is 5.91 Å². The number of rotatable bonds is 6. The SMILES string of the molecule is C=C(OC(N)=NC(=O)Cc1cccc2ccccc12)c1cc(OC)cc(OO)c1. The van der Waals surface area contributed by atoms with Gasteiger partial charge in [0.2, 0.25) is 0 Å². The molecule has 29 heavy (non-hydrogen) atoms. The average Bonchev–Trinajstić information content (AvgIpc) is 2.73. The Balaban J connectivity index is 1.72. The van der Waals surface area contributed by atoms with Crippen LogP contribution in [0, 0.1) is 0 Å². The third-order valence-electron chi connectivity index (χ3n) is 4.23. The molecule has 0 aliphatic carbocycles. The topological polar surface area (TPSA) is 103 Å². The van der Waals surface area contributed by atoms with Gasteiger partial charge in [0.05, 0.1) is 13.5 Å². The summed E-state index contributed by atoms with van der Waals surface area (Å²) in [4.78, 5) is 20.4. The number of fused-ring (bicyclic) bond motifs is 1. The minimum atomic E-state index is -0.448. The zero-order valence-electron chi connectivity index (χ0n) is 15.8. The van der Waals surface area contributed by atoms with E-state index in [0.29, 0.717) is 11.3 Å². The van der Waals surface area contributed by atoms with E-state index in [1.165, 1.54) is 19.2 Å². The summed E-state index contributed by atoms with van der Waals surface area (Å²) in [5, 5.41) is 10.9. The number of amides is 1. The van der Waals surface area contributed by atoms with Gasteiger partial charge in [-0.05, 0) is 28.5 Å². The molecule has 0 unspecified atom stereocenters. The zero-order valence-corrected chi connectivity index (χ0v) is 15.8. The molecule has 1 amide bonds. The van der Waals surface area contributed by atoms with Crippen LogP contribution < -0.4 is 15.4 Å². The molecule has 3 aromatic carbocycles. The lowest BCUT2D eigenvalue weighted by Gasteiger charge is -2.10. The van der Waals surface area contributed by atoms with Crippen LogP contribution in [0.1, 0.15) is 11.1 Å². The van der Waals surface area contributed by atoms with Crippen molar-refractivity contribution in [1.82, 2.24) is 0 Å². The molecule has 0 heterocycles. The number of carbonyl (C=O) groups excluding carboxylic acids is 1. The molecule has 0 aliphatic rings. The standard InChI is InChI=1S/C22H20N2O5/c1-14(17-10-18(27-2)13-19(11-17)29-26)28-22(23)24-21(25)12-16-8-5-7-15-6-3-4-9-20(15)16/h3-11,13,26H,1,12H2,2H3,(H2,23,24,25). The van der Waals surface area contributed by atoms with Crippen molar-refractivity contribution in [3.63, 3.8) is 0 Å². The number of benzene rings is 3. The fraction of sp³-hybridized carbons (Fsp3) is 0.0909. The van der Waals surface area contributed by atoms with Crippen molar-refractivity contribution in [2.75, 3.05) is 7.11 Å². The monoisotopic (exact) mass is 392 g/mol. The predicted octanol–water partition coefficient (Wildman–Crippen LogP) is 3.77. The van der Waals surface area contributed by atoms with E-state index in [1.807, 2.05) is 42.5 Å². The lowest BCUT2D eigenvalue weighted by molar-refractivity contribution is -0.137. The van der Waals surface area contributed by atoms with Crippen molar-refractivity contribution < 1.29 is 24.4 Å². The van der Waals surface area contributed by atoms with Gasteiger partial charge < -0.3 is 20.1 Å². The first-order valence-electron chi connectivity index (χ1n) is 8.71. The molecular weight excluding hydrogens is 372 g/mol. The summed E-state index contributed by atoms with van der Waals surface area (Å²) in [7, 11) is 1.46. The van der Waals surface area contributed by atoms with E-state index in [1.54, 1.807) is 6.07 Å². The van der Waals surface area contributed by atoms with Crippen molar-refractivity contribution >= 4 is 28.5 Å². The Morgan fingerprint density at radius 3 is 2.59 bits per heavy atom. The molecule has 0 spiro atoms. The van der Waals surface area contributed by atoms with Crippen LogP contribution in [-0.4, -0.2) is 24.3 Å². The van der Waals surface area contributed by atoms with Crippen molar-refractivity contribution in [2.24, 2.45) is 10.7 Å². The second kappa shape index (κ2) is 8.90. The van der Waals surface area contributed by atoms with Gasteiger partial charge in [-0.15, -0.1) is 0 Å².